The molecule has 1 aliphatic rings. The number of nitrogens with zero attached hydrogens (tertiary/aromatic N) is 3. The van der Waals surface area contributed by atoms with Gasteiger partial charge in [0.2, 0.25) is 5.91 Å². The molecule has 0 spiro atoms. The van der Waals surface area contributed by atoms with Crippen molar-refractivity contribution in [3.05, 3.63) is 16.8 Å². The number of likely N-dealkylation sites (tertiary alicyclic amines) is 1. The summed E-state index contributed by atoms with van der Waals surface area (Å²) in [5, 5.41) is 2.00. The van der Waals surface area contributed by atoms with Gasteiger partial charge in [0.05, 0.1) is 5.75 Å². The Morgan fingerprint density at radius 3 is 2.92 bits per heavy atom. The van der Waals surface area contributed by atoms with Crippen LogP contribution in [0.4, 0.5) is 0 Å². The predicted molar refractivity (Wildman–Crippen MR) is 101 cm³/mol. The Bertz CT molecular complexity index is 771. The van der Waals surface area contributed by atoms with E-state index in [0.717, 1.165) is 34.8 Å². The Balaban J connectivity index is 1.71. The molecular weight excluding hydrogens is 340 g/mol. The summed E-state index contributed by atoms with van der Waals surface area (Å²) in [6, 6.07) is 0.159. The highest BCUT2D eigenvalue weighted by Gasteiger charge is 2.35. The fourth-order valence-corrected chi connectivity index (χ4v) is 5.09. The van der Waals surface area contributed by atoms with Crippen molar-refractivity contribution < 1.29 is 4.79 Å². The molecule has 1 fully saturated rings. The van der Waals surface area contributed by atoms with Gasteiger partial charge in [0.15, 0.2) is 0 Å². The number of hydrogen-bond acceptors (Lipinski definition) is 6. The first kappa shape index (κ1) is 17.6. The lowest BCUT2D eigenvalue weighted by atomic mass is 9.80. The van der Waals surface area contributed by atoms with Gasteiger partial charge < -0.3 is 10.6 Å². The maximum atomic E-state index is 12.6. The summed E-state index contributed by atoms with van der Waals surface area (Å²) >= 11 is 3.19. The first-order valence-electron chi connectivity index (χ1n) is 8.16. The normalized spacial score (nSPS) is 20.5. The number of nitrogens with two attached hydrogens (primary N) is 1. The predicted octanol–water partition coefficient (Wildman–Crippen LogP) is 2.99. The summed E-state index contributed by atoms with van der Waals surface area (Å²) in [6.45, 7) is 9.94. The van der Waals surface area contributed by atoms with E-state index in [0.29, 0.717) is 5.75 Å². The van der Waals surface area contributed by atoms with Gasteiger partial charge in [-0.2, -0.15) is 0 Å². The minimum atomic E-state index is -0.0260. The molecular formula is C17H24N4OS2. The Hall–Kier alpha value is -1.18. The summed E-state index contributed by atoms with van der Waals surface area (Å²) in [5.41, 5.74) is 7.35. The van der Waals surface area contributed by atoms with E-state index in [9.17, 15) is 4.79 Å². The van der Waals surface area contributed by atoms with Gasteiger partial charge in [-0.05, 0) is 31.2 Å². The molecule has 24 heavy (non-hydrogen) atoms. The van der Waals surface area contributed by atoms with Crippen molar-refractivity contribution in [2.45, 2.75) is 45.2 Å². The fourth-order valence-electron chi connectivity index (χ4n) is 3.07. The SMILES string of the molecule is Cc1sc2ncnc(SCC(=O)N3CCC(N)C(C)(C)C3)c2c1C. The van der Waals surface area contributed by atoms with Crippen LogP contribution in [-0.4, -0.2) is 45.7 Å². The molecule has 0 aromatic carbocycles. The summed E-state index contributed by atoms with van der Waals surface area (Å²) in [5.74, 6) is 0.572. The molecule has 2 aromatic rings. The number of amides is 1. The van der Waals surface area contributed by atoms with E-state index in [2.05, 4.69) is 37.7 Å². The van der Waals surface area contributed by atoms with Gasteiger partial charge in [-0.1, -0.05) is 25.6 Å². The van der Waals surface area contributed by atoms with Gasteiger partial charge in [-0.25, -0.2) is 9.97 Å². The maximum absolute atomic E-state index is 12.6. The molecule has 0 aliphatic carbocycles. The van der Waals surface area contributed by atoms with E-state index in [1.165, 1.54) is 22.2 Å². The van der Waals surface area contributed by atoms with E-state index in [1.807, 2.05) is 4.90 Å². The third-order valence-electron chi connectivity index (χ3n) is 4.93. The van der Waals surface area contributed by atoms with Crippen LogP contribution in [0.5, 0.6) is 0 Å². The van der Waals surface area contributed by atoms with Crippen LogP contribution >= 0.6 is 23.1 Å². The van der Waals surface area contributed by atoms with Crippen molar-refractivity contribution in [3.8, 4) is 0 Å². The molecule has 7 heteroatoms. The Morgan fingerprint density at radius 1 is 1.46 bits per heavy atom. The average Bonchev–Trinajstić information content (AvgIpc) is 2.83. The number of fused-ring (bicyclic) bond motifs is 1. The molecule has 0 radical (unpaired) electrons. The third kappa shape index (κ3) is 3.30. The van der Waals surface area contributed by atoms with Crippen LogP contribution in [0.1, 0.15) is 30.7 Å². The van der Waals surface area contributed by atoms with Gasteiger partial charge in [-0.15, -0.1) is 11.3 Å². The number of thiophene rings is 1. The molecule has 1 atom stereocenters. The highest BCUT2D eigenvalue weighted by atomic mass is 32.2. The second kappa shape index (κ2) is 6.61. The van der Waals surface area contributed by atoms with Crippen LogP contribution in [0.2, 0.25) is 0 Å². The second-order valence-electron chi connectivity index (χ2n) is 7.13. The number of carbonyl (C=O) groups excluding carboxylic acids is 1. The van der Waals surface area contributed by atoms with E-state index in [-0.39, 0.29) is 17.4 Å². The van der Waals surface area contributed by atoms with Crippen molar-refractivity contribution in [1.82, 2.24) is 14.9 Å². The van der Waals surface area contributed by atoms with Crippen LogP contribution < -0.4 is 5.73 Å². The van der Waals surface area contributed by atoms with Crippen LogP contribution in [0, 0.1) is 19.3 Å². The number of carbonyl (C=O) groups is 1. The van der Waals surface area contributed by atoms with Crippen molar-refractivity contribution in [2.24, 2.45) is 11.1 Å². The van der Waals surface area contributed by atoms with Gasteiger partial charge in [0.25, 0.3) is 0 Å². The summed E-state index contributed by atoms with van der Waals surface area (Å²) in [4.78, 5) is 25.6. The molecule has 2 aromatic heterocycles. The summed E-state index contributed by atoms with van der Waals surface area (Å²) in [6.07, 6.45) is 2.46. The first-order valence-corrected chi connectivity index (χ1v) is 9.96. The van der Waals surface area contributed by atoms with Crippen molar-refractivity contribution in [3.63, 3.8) is 0 Å². The topological polar surface area (TPSA) is 72.1 Å². The third-order valence-corrected chi connectivity index (χ3v) is 7.02. The van der Waals surface area contributed by atoms with Crippen LogP contribution in [0.15, 0.2) is 11.4 Å². The summed E-state index contributed by atoms with van der Waals surface area (Å²) < 4.78 is 0. The van der Waals surface area contributed by atoms with Gasteiger partial charge in [0.1, 0.15) is 16.2 Å². The van der Waals surface area contributed by atoms with Crippen molar-refractivity contribution >= 4 is 39.2 Å². The molecule has 3 rings (SSSR count). The Kier molecular flexibility index (Phi) is 4.86. The first-order chi connectivity index (χ1) is 11.3. The summed E-state index contributed by atoms with van der Waals surface area (Å²) in [7, 11) is 0. The number of hydrogen-bond donors (Lipinski definition) is 1. The van der Waals surface area contributed by atoms with Gasteiger partial charge in [-0.3, -0.25) is 4.79 Å². The molecule has 0 bridgehead atoms. The lowest BCUT2D eigenvalue weighted by molar-refractivity contribution is -0.131. The molecule has 5 nitrogen and oxygen atoms in total. The molecule has 1 amide bonds. The molecule has 0 saturated carbocycles. The quantitative estimate of drug-likeness (QED) is 0.669. The van der Waals surface area contributed by atoms with E-state index in [1.54, 1.807) is 17.7 Å². The Morgan fingerprint density at radius 2 is 2.21 bits per heavy atom. The lowest BCUT2D eigenvalue weighted by Gasteiger charge is -2.42. The van der Waals surface area contributed by atoms with Crippen LogP contribution in [0.3, 0.4) is 0 Å². The van der Waals surface area contributed by atoms with Gasteiger partial charge >= 0.3 is 0 Å². The number of aromatic nitrogens is 2. The minimum absolute atomic E-state index is 0.0260. The highest BCUT2D eigenvalue weighted by molar-refractivity contribution is 8.00. The Labute approximate surface area is 151 Å². The molecule has 3 heterocycles. The molecule has 130 valence electrons. The van der Waals surface area contributed by atoms with Crippen LogP contribution in [-0.2, 0) is 4.79 Å². The maximum Gasteiger partial charge on any atom is 0.233 e. The smallest absolute Gasteiger partial charge is 0.233 e. The fraction of sp³-hybridized carbons (Fsp3) is 0.588. The molecule has 1 unspecified atom stereocenters. The lowest BCUT2D eigenvalue weighted by Crippen LogP contribution is -2.54. The minimum Gasteiger partial charge on any atom is -0.341 e. The zero-order valence-electron chi connectivity index (χ0n) is 14.6. The number of aryl methyl sites for hydroxylation is 2. The van der Waals surface area contributed by atoms with Crippen molar-refractivity contribution in [2.75, 3.05) is 18.8 Å². The second-order valence-corrected chi connectivity index (χ2v) is 9.30. The number of rotatable bonds is 3. The van der Waals surface area contributed by atoms with Crippen molar-refractivity contribution in [1.29, 1.82) is 0 Å². The molecule has 2 N–H and O–H groups in total. The largest absolute Gasteiger partial charge is 0.341 e. The van der Waals surface area contributed by atoms with E-state index >= 15 is 0 Å². The monoisotopic (exact) mass is 364 g/mol. The standard InChI is InChI=1S/C17H24N4OS2/c1-10-11(2)24-16-14(10)15(19-9-20-16)23-7-13(22)21-6-5-12(18)17(3,4)8-21/h9,12H,5-8,18H2,1-4H3. The molecule has 1 saturated heterocycles. The highest BCUT2D eigenvalue weighted by Crippen LogP contribution is 2.35. The van der Waals surface area contributed by atoms with Gasteiger partial charge in [0, 0.05) is 29.4 Å². The van der Waals surface area contributed by atoms with E-state index < -0.39 is 0 Å². The average molecular weight is 365 g/mol. The zero-order chi connectivity index (χ0) is 17.5. The van der Waals surface area contributed by atoms with Crippen LogP contribution in [0.25, 0.3) is 10.2 Å². The number of thioether (sulfide) groups is 1. The zero-order valence-corrected chi connectivity index (χ0v) is 16.3. The molecule has 1 aliphatic heterocycles. The van der Waals surface area contributed by atoms with E-state index in [4.69, 9.17) is 5.73 Å². The number of piperidine rings is 1.